The Bertz CT molecular complexity index is 1620. The van der Waals surface area contributed by atoms with Gasteiger partial charge in [0.15, 0.2) is 0 Å². The van der Waals surface area contributed by atoms with Crippen molar-refractivity contribution in [3.05, 3.63) is 94.6 Å². The number of hydrogen-bond acceptors (Lipinski definition) is 10. The molecule has 2 atom stereocenters. The lowest BCUT2D eigenvalue weighted by Gasteiger charge is -2.17. The number of methoxy groups -OCH3 is 2. The minimum atomic E-state index is -0.387. The van der Waals surface area contributed by atoms with E-state index in [4.69, 9.17) is 9.47 Å². The van der Waals surface area contributed by atoms with Crippen LogP contribution in [0, 0.1) is 13.8 Å². The van der Waals surface area contributed by atoms with Gasteiger partial charge in [-0.2, -0.15) is 0 Å². The molecule has 12 nitrogen and oxygen atoms in total. The molecule has 2 aromatic carbocycles. The van der Waals surface area contributed by atoms with Gasteiger partial charge in [-0.1, -0.05) is 24.3 Å². The van der Waals surface area contributed by atoms with Crippen LogP contribution >= 0.6 is 0 Å². The van der Waals surface area contributed by atoms with Crippen LogP contribution < -0.4 is 30.7 Å². The highest BCUT2D eigenvalue weighted by molar-refractivity contribution is 6.05. The molecule has 0 aliphatic carbocycles. The summed E-state index contributed by atoms with van der Waals surface area (Å²) in [5.74, 6) is 0.258. The van der Waals surface area contributed by atoms with E-state index in [0.29, 0.717) is 36.0 Å². The maximum absolute atomic E-state index is 13.3. The topological polar surface area (TPSA) is 167 Å². The fraction of sp³-hybridized carbons (Fsp3) is 0.333. The highest BCUT2D eigenvalue weighted by Crippen LogP contribution is 2.34. The Morgan fingerprint density at radius 3 is 1.46 bits per heavy atom. The number of nitrogens with one attached hydrogen (secondary N) is 4. The maximum atomic E-state index is 13.3. The van der Waals surface area contributed by atoms with E-state index in [0.717, 1.165) is 33.4 Å². The number of ether oxygens (including phenoxy) is 2. The summed E-state index contributed by atoms with van der Waals surface area (Å²) in [4.78, 5) is 35.3. The number of aliphatic hydroxyl groups is 2. The summed E-state index contributed by atoms with van der Waals surface area (Å²) in [6.45, 7) is 8.44. The third-order valence-electron chi connectivity index (χ3n) is 8.08. The second-order valence-electron chi connectivity index (χ2n) is 11.6. The van der Waals surface area contributed by atoms with Crippen molar-refractivity contribution in [3.63, 3.8) is 0 Å². The molecule has 254 valence electrons. The first-order valence-electron chi connectivity index (χ1n) is 15.7. The van der Waals surface area contributed by atoms with Crippen LogP contribution in [-0.2, 0) is 13.1 Å². The Kier molecular flexibility index (Phi) is 12.6. The number of amides is 2. The van der Waals surface area contributed by atoms with Crippen LogP contribution in [0.4, 0.5) is 11.4 Å². The van der Waals surface area contributed by atoms with Crippen LogP contribution in [0.5, 0.6) is 11.5 Å². The molecule has 2 aromatic heterocycles. The van der Waals surface area contributed by atoms with Crippen molar-refractivity contribution in [1.29, 1.82) is 0 Å². The van der Waals surface area contributed by atoms with Crippen molar-refractivity contribution < 1.29 is 29.3 Å². The summed E-state index contributed by atoms with van der Waals surface area (Å²) in [6, 6.07) is 14.3. The first kappa shape index (κ1) is 36.0. The van der Waals surface area contributed by atoms with E-state index in [1.165, 1.54) is 14.2 Å². The van der Waals surface area contributed by atoms with Gasteiger partial charge in [-0.3, -0.25) is 19.6 Å². The number of carbonyl (C=O) groups is 2. The number of aromatic nitrogens is 2. The predicted molar refractivity (Wildman–Crippen MR) is 186 cm³/mol. The zero-order valence-electron chi connectivity index (χ0n) is 28.2. The van der Waals surface area contributed by atoms with Crippen molar-refractivity contribution in [2.45, 2.75) is 52.9 Å². The Labute approximate surface area is 280 Å². The lowest BCUT2D eigenvalue weighted by atomic mass is 9.94. The molecule has 2 heterocycles. The lowest BCUT2D eigenvalue weighted by Crippen LogP contribution is -2.29. The number of pyridine rings is 2. The van der Waals surface area contributed by atoms with Gasteiger partial charge in [0, 0.05) is 72.2 Å². The van der Waals surface area contributed by atoms with Gasteiger partial charge in [0.25, 0.3) is 11.8 Å². The Morgan fingerprint density at radius 1 is 0.708 bits per heavy atom. The summed E-state index contributed by atoms with van der Waals surface area (Å²) in [5.41, 5.74) is 6.63. The second kappa shape index (κ2) is 16.8. The monoisotopic (exact) mass is 656 g/mol. The summed E-state index contributed by atoms with van der Waals surface area (Å²) in [5, 5.41) is 30.9. The number of benzene rings is 2. The average Bonchev–Trinajstić information content (AvgIpc) is 3.11. The number of carbonyl (C=O) groups excluding carboxylic acids is 2. The van der Waals surface area contributed by atoms with E-state index in [1.54, 1.807) is 24.5 Å². The van der Waals surface area contributed by atoms with E-state index in [2.05, 4.69) is 31.2 Å². The molecule has 0 bridgehead atoms. The first-order chi connectivity index (χ1) is 23.1. The van der Waals surface area contributed by atoms with E-state index in [9.17, 15) is 19.8 Å². The highest BCUT2D eigenvalue weighted by Gasteiger charge is 2.18. The van der Waals surface area contributed by atoms with Gasteiger partial charge in [-0.05, 0) is 62.1 Å². The van der Waals surface area contributed by atoms with Gasteiger partial charge in [0.2, 0.25) is 0 Å². The van der Waals surface area contributed by atoms with E-state index in [-0.39, 0.29) is 48.5 Å². The third kappa shape index (κ3) is 8.72. The largest absolute Gasteiger partial charge is 0.496 e. The smallest absolute Gasteiger partial charge is 0.274 e. The molecule has 0 aliphatic rings. The lowest BCUT2D eigenvalue weighted by molar-refractivity contribution is 0.101. The molecule has 2 amide bonds. The molecule has 0 fully saturated rings. The zero-order valence-corrected chi connectivity index (χ0v) is 28.2. The average molecular weight is 657 g/mol. The van der Waals surface area contributed by atoms with Crippen molar-refractivity contribution in [3.8, 4) is 22.6 Å². The van der Waals surface area contributed by atoms with Gasteiger partial charge in [-0.25, -0.2) is 0 Å². The summed E-state index contributed by atoms with van der Waals surface area (Å²) in [7, 11) is 3.07. The van der Waals surface area contributed by atoms with E-state index in [1.807, 2.05) is 64.1 Å². The van der Waals surface area contributed by atoms with E-state index >= 15 is 0 Å². The molecule has 0 saturated heterocycles. The van der Waals surface area contributed by atoms with Crippen LogP contribution in [0.25, 0.3) is 11.1 Å². The highest BCUT2D eigenvalue weighted by atomic mass is 16.5. The van der Waals surface area contributed by atoms with Crippen LogP contribution in [0.3, 0.4) is 0 Å². The normalized spacial score (nSPS) is 12.2. The van der Waals surface area contributed by atoms with Gasteiger partial charge >= 0.3 is 0 Å². The van der Waals surface area contributed by atoms with Crippen molar-refractivity contribution in [2.75, 3.05) is 38.1 Å². The molecular formula is C36H44N6O6. The fourth-order valence-electron chi connectivity index (χ4n) is 5.02. The molecule has 4 aromatic rings. The van der Waals surface area contributed by atoms with Gasteiger partial charge < -0.3 is 41.0 Å². The minimum absolute atomic E-state index is 0.000159. The van der Waals surface area contributed by atoms with Gasteiger partial charge in [0.1, 0.15) is 22.9 Å². The van der Waals surface area contributed by atoms with Gasteiger partial charge in [-0.15, -0.1) is 0 Å². The van der Waals surface area contributed by atoms with Crippen molar-refractivity contribution in [2.24, 2.45) is 0 Å². The molecule has 4 rings (SSSR count). The van der Waals surface area contributed by atoms with Crippen LogP contribution in [0.2, 0.25) is 0 Å². The Balaban J connectivity index is 1.52. The molecule has 48 heavy (non-hydrogen) atoms. The van der Waals surface area contributed by atoms with Crippen molar-refractivity contribution in [1.82, 2.24) is 20.6 Å². The molecule has 12 heteroatoms. The number of hydrogen-bond donors (Lipinski definition) is 6. The standard InChI is InChI=1S/C36H44N6O6/c1-21(19-43)37-15-25-17-39-31(13-33(25)47-5)35(45)41-29-11-7-9-27(23(29)3)28-10-8-12-30(24(28)4)42-36(46)32-14-34(48-6)26(18-40-32)16-38-22(2)20-44/h7-14,17-18,21-22,37-38,43-44H,15-16,19-20H2,1-6H3,(H,41,45)(H,42,46). The molecule has 6 N–H and O–H groups in total. The maximum Gasteiger partial charge on any atom is 0.274 e. The molecule has 0 saturated carbocycles. The second-order valence-corrected chi connectivity index (χ2v) is 11.6. The van der Waals surface area contributed by atoms with Crippen molar-refractivity contribution >= 4 is 23.2 Å². The van der Waals surface area contributed by atoms with Crippen LogP contribution in [0.1, 0.15) is 57.1 Å². The third-order valence-corrected chi connectivity index (χ3v) is 8.08. The molecule has 0 aliphatic heterocycles. The minimum Gasteiger partial charge on any atom is -0.496 e. The number of nitrogens with zero attached hydrogens (tertiary/aromatic N) is 2. The summed E-state index contributed by atoms with van der Waals surface area (Å²) >= 11 is 0. The summed E-state index contributed by atoms with van der Waals surface area (Å²) < 4.78 is 11.0. The molecule has 0 radical (unpaired) electrons. The Morgan fingerprint density at radius 2 is 1.10 bits per heavy atom. The zero-order chi connectivity index (χ0) is 34.8. The number of rotatable bonds is 15. The Hall–Kier alpha value is -4.88. The SMILES string of the molecule is COc1cc(C(=O)Nc2cccc(-c3cccc(NC(=O)c4cc(OC)c(CNC(C)CO)cn4)c3C)c2C)ncc1CNC(C)CO. The molecular weight excluding hydrogens is 612 g/mol. The van der Waals surface area contributed by atoms with Crippen LogP contribution in [-0.4, -0.2) is 71.5 Å². The number of aliphatic hydroxyl groups excluding tert-OH is 2. The van der Waals surface area contributed by atoms with E-state index < -0.39 is 0 Å². The summed E-state index contributed by atoms with van der Waals surface area (Å²) in [6.07, 6.45) is 3.18. The predicted octanol–water partition coefficient (Wildman–Crippen LogP) is 4.22. The molecule has 0 spiro atoms. The number of anilines is 2. The quantitative estimate of drug-likeness (QED) is 0.109. The first-order valence-corrected chi connectivity index (χ1v) is 15.7. The fourth-order valence-corrected chi connectivity index (χ4v) is 5.02. The van der Waals surface area contributed by atoms with Gasteiger partial charge in [0.05, 0.1) is 27.4 Å². The van der Waals surface area contributed by atoms with Crippen LogP contribution in [0.15, 0.2) is 60.9 Å². The molecule has 2 unspecified atom stereocenters.